The first-order chi connectivity index (χ1) is 8.60. The molecule has 1 aliphatic heterocycles. The van der Waals surface area contributed by atoms with Crippen molar-refractivity contribution >= 4 is 11.6 Å². The average molecular weight is 266 g/mol. The first kappa shape index (κ1) is 12.5. The summed E-state index contributed by atoms with van der Waals surface area (Å²) in [5.41, 5.74) is 2.82. The van der Waals surface area contributed by atoms with Gasteiger partial charge in [-0.05, 0) is 55.9 Å². The lowest BCUT2D eigenvalue weighted by Crippen LogP contribution is -2.43. The maximum absolute atomic E-state index is 9.62. The molecule has 1 aliphatic carbocycles. The Balaban J connectivity index is 1.86. The average Bonchev–Trinajstić information content (AvgIpc) is 3.10. The number of aliphatic hydroxyl groups is 1. The highest BCUT2D eigenvalue weighted by Gasteiger charge is 2.49. The number of hydrogen-bond donors (Lipinski definition) is 1. The fourth-order valence-corrected chi connectivity index (χ4v) is 3.49. The maximum atomic E-state index is 9.62. The van der Waals surface area contributed by atoms with Crippen LogP contribution in [0.2, 0.25) is 5.02 Å². The predicted molar refractivity (Wildman–Crippen MR) is 73.9 cm³/mol. The Bertz CT molecular complexity index is 428. The zero-order valence-electron chi connectivity index (χ0n) is 10.8. The molecule has 2 aliphatic rings. The molecule has 1 aromatic carbocycles. The van der Waals surface area contributed by atoms with E-state index in [0.29, 0.717) is 0 Å². The quantitative estimate of drug-likeness (QED) is 0.888. The molecule has 1 saturated heterocycles. The van der Waals surface area contributed by atoms with E-state index in [1.54, 1.807) is 0 Å². The highest BCUT2D eigenvalue weighted by Crippen LogP contribution is 2.52. The molecular formula is C15H20ClNO. The van der Waals surface area contributed by atoms with Crippen LogP contribution in [0.3, 0.4) is 0 Å². The second-order valence-electron chi connectivity index (χ2n) is 5.77. The van der Waals surface area contributed by atoms with E-state index in [1.165, 1.54) is 24.0 Å². The fourth-order valence-electron chi connectivity index (χ4n) is 3.20. The lowest BCUT2D eigenvalue weighted by molar-refractivity contribution is 0.0522. The van der Waals surface area contributed by atoms with Gasteiger partial charge in [0.15, 0.2) is 0 Å². The number of hydrogen-bond acceptors (Lipinski definition) is 2. The van der Waals surface area contributed by atoms with Crippen molar-refractivity contribution in [2.45, 2.75) is 44.2 Å². The van der Waals surface area contributed by atoms with Gasteiger partial charge in [-0.25, -0.2) is 0 Å². The number of aliphatic hydroxyl groups excluding tert-OH is 1. The highest BCUT2D eigenvalue weighted by atomic mass is 35.5. The number of rotatable bonds is 2. The van der Waals surface area contributed by atoms with E-state index in [0.717, 1.165) is 31.0 Å². The Morgan fingerprint density at radius 3 is 2.44 bits per heavy atom. The lowest BCUT2D eigenvalue weighted by Gasteiger charge is -2.37. The van der Waals surface area contributed by atoms with E-state index in [1.807, 2.05) is 6.07 Å². The van der Waals surface area contributed by atoms with Gasteiger partial charge in [-0.3, -0.25) is 4.90 Å². The first-order valence-corrected chi connectivity index (χ1v) is 7.19. The molecule has 2 fully saturated rings. The lowest BCUT2D eigenvalue weighted by atomic mass is 9.97. The second-order valence-corrected chi connectivity index (χ2v) is 6.20. The first-order valence-electron chi connectivity index (χ1n) is 6.81. The molecule has 1 N–H and O–H groups in total. The third-order valence-electron chi connectivity index (χ3n) is 4.37. The van der Waals surface area contributed by atoms with E-state index in [4.69, 9.17) is 11.6 Å². The molecule has 2 nitrogen and oxygen atoms in total. The molecule has 1 heterocycles. The van der Waals surface area contributed by atoms with Crippen LogP contribution in [0.5, 0.6) is 0 Å². The van der Waals surface area contributed by atoms with Gasteiger partial charge in [0.1, 0.15) is 0 Å². The molecule has 0 radical (unpaired) electrons. The molecule has 0 aromatic heterocycles. The monoisotopic (exact) mass is 265 g/mol. The largest absolute Gasteiger partial charge is 0.393 e. The van der Waals surface area contributed by atoms with Crippen LogP contribution in [-0.2, 0) is 5.54 Å². The third kappa shape index (κ3) is 2.18. The van der Waals surface area contributed by atoms with Crippen molar-refractivity contribution in [1.82, 2.24) is 4.90 Å². The number of aryl methyl sites for hydroxylation is 1. The van der Waals surface area contributed by atoms with Crippen LogP contribution < -0.4 is 0 Å². The Morgan fingerprint density at radius 1 is 1.22 bits per heavy atom. The van der Waals surface area contributed by atoms with Crippen molar-refractivity contribution in [1.29, 1.82) is 0 Å². The van der Waals surface area contributed by atoms with Crippen molar-refractivity contribution in [2.24, 2.45) is 0 Å². The molecule has 0 spiro atoms. The fraction of sp³-hybridized carbons (Fsp3) is 0.600. The van der Waals surface area contributed by atoms with Crippen LogP contribution in [0, 0.1) is 6.92 Å². The summed E-state index contributed by atoms with van der Waals surface area (Å²) < 4.78 is 0. The molecular weight excluding hydrogens is 246 g/mol. The van der Waals surface area contributed by atoms with Gasteiger partial charge in [0.2, 0.25) is 0 Å². The Labute approximate surface area is 114 Å². The van der Waals surface area contributed by atoms with Crippen LogP contribution in [0.15, 0.2) is 18.2 Å². The summed E-state index contributed by atoms with van der Waals surface area (Å²) >= 11 is 6.19. The Morgan fingerprint density at radius 2 is 1.89 bits per heavy atom. The third-order valence-corrected chi connectivity index (χ3v) is 4.59. The minimum absolute atomic E-state index is 0.0989. The van der Waals surface area contributed by atoms with Gasteiger partial charge in [0.25, 0.3) is 0 Å². The topological polar surface area (TPSA) is 23.5 Å². The Kier molecular flexibility index (Phi) is 3.13. The molecule has 1 aromatic rings. The zero-order valence-corrected chi connectivity index (χ0v) is 11.6. The zero-order chi connectivity index (χ0) is 12.8. The van der Waals surface area contributed by atoms with Crippen LogP contribution in [0.1, 0.15) is 36.8 Å². The number of halogens is 1. The van der Waals surface area contributed by atoms with E-state index in [2.05, 4.69) is 24.0 Å². The molecule has 0 unspecified atom stereocenters. The van der Waals surface area contributed by atoms with E-state index in [-0.39, 0.29) is 11.6 Å². The summed E-state index contributed by atoms with van der Waals surface area (Å²) in [4.78, 5) is 2.55. The number of nitrogens with zero attached hydrogens (tertiary/aromatic N) is 1. The Hall–Kier alpha value is -0.570. The van der Waals surface area contributed by atoms with Crippen LogP contribution in [-0.4, -0.2) is 29.2 Å². The summed E-state index contributed by atoms with van der Waals surface area (Å²) in [6.07, 6.45) is 4.16. The summed E-state index contributed by atoms with van der Waals surface area (Å²) in [5.74, 6) is 0. The van der Waals surface area contributed by atoms with Gasteiger partial charge in [0, 0.05) is 23.7 Å². The molecule has 3 heteroatoms. The highest BCUT2D eigenvalue weighted by molar-refractivity contribution is 6.30. The molecule has 0 amide bonds. The molecule has 1 saturated carbocycles. The van der Waals surface area contributed by atoms with Crippen molar-refractivity contribution in [3.8, 4) is 0 Å². The van der Waals surface area contributed by atoms with E-state index in [9.17, 15) is 5.11 Å². The molecule has 98 valence electrons. The van der Waals surface area contributed by atoms with Crippen LogP contribution >= 0.6 is 11.6 Å². The van der Waals surface area contributed by atoms with E-state index < -0.39 is 0 Å². The molecule has 3 rings (SSSR count). The van der Waals surface area contributed by atoms with Crippen LogP contribution in [0.4, 0.5) is 0 Å². The minimum Gasteiger partial charge on any atom is -0.393 e. The summed E-state index contributed by atoms with van der Waals surface area (Å²) in [5, 5.41) is 10.5. The normalized spacial score (nSPS) is 24.2. The van der Waals surface area contributed by atoms with Gasteiger partial charge < -0.3 is 5.11 Å². The summed E-state index contributed by atoms with van der Waals surface area (Å²) in [6.45, 7) is 4.12. The predicted octanol–water partition coefficient (Wildman–Crippen LogP) is 3.09. The standard InChI is InChI=1S/C15H20ClNO/c1-11-8-12(10-13(16)9-11)15(4-5-15)17-6-2-14(18)3-7-17/h8-10,14,18H,2-7H2,1H3. The molecule has 18 heavy (non-hydrogen) atoms. The number of likely N-dealkylation sites (tertiary alicyclic amines) is 1. The van der Waals surface area contributed by atoms with Crippen LogP contribution in [0.25, 0.3) is 0 Å². The summed E-state index contributed by atoms with van der Waals surface area (Å²) in [6, 6.07) is 6.40. The van der Waals surface area contributed by atoms with Gasteiger partial charge >= 0.3 is 0 Å². The summed E-state index contributed by atoms with van der Waals surface area (Å²) in [7, 11) is 0. The van der Waals surface area contributed by atoms with Gasteiger partial charge in [0.05, 0.1) is 6.10 Å². The smallest absolute Gasteiger partial charge is 0.0564 e. The van der Waals surface area contributed by atoms with Crippen molar-refractivity contribution in [3.63, 3.8) is 0 Å². The van der Waals surface area contributed by atoms with E-state index >= 15 is 0 Å². The maximum Gasteiger partial charge on any atom is 0.0564 e. The second kappa shape index (κ2) is 4.52. The molecule has 0 atom stereocenters. The SMILES string of the molecule is Cc1cc(Cl)cc(C2(N3CCC(O)CC3)CC2)c1. The van der Waals surface area contributed by atoms with Gasteiger partial charge in [-0.2, -0.15) is 0 Å². The number of piperidine rings is 1. The van der Waals surface area contributed by atoms with Gasteiger partial charge in [-0.1, -0.05) is 17.7 Å². The number of benzene rings is 1. The minimum atomic E-state index is -0.0989. The van der Waals surface area contributed by atoms with Crippen molar-refractivity contribution in [3.05, 3.63) is 34.3 Å². The molecule has 0 bridgehead atoms. The van der Waals surface area contributed by atoms with Crippen molar-refractivity contribution < 1.29 is 5.11 Å². The van der Waals surface area contributed by atoms with Crippen molar-refractivity contribution in [2.75, 3.05) is 13.1 Å². The van der Waals surface area contributed by atoms with Gasteiger partial charge in [-0.15, -0.1) is 0 Å².